The number of hydrogen-bond donors (Lipinski definition) is 0. The summed E-state index contributed by atoms with van der Waals surface area (Å²) in [5.41, 5.74) is 2.35. The average molecular weight is 399 g/mol. The minimum absolute atomic E-state index is 0.0557. The number of para-hydroxylation sites is 2. The molecule has 0 aliphatic carbocycles. The molecule has 28 heavy (non-hydrogen) atoms. The van der Waals surface area contributed by atoms with Crippen molar-refractivity contribution in [3.05, 3.63) is 69.7 Å². The number of nitrogens with zero attached hydrogens (tertiary/aromatic N) is 4. The van der Waals surface area contributed by atoms with Crippen LogP contribution in [-0.2, 0) is 6.54 Å². The number of fused-ring (bicyclic) bond motifs is 2. The third kappa shape index (κ3) is 3.84. The van der Waals surface area contributed by atoms with E-state index < -0.39 is 0 Å². The van der Waals surface area contributed by atoms with Crippen molar-refractivity contribution in [1.29, 1.82) is 0 Å². The largest absolute Gasteiger partial charge is 0.485 e. The summed E-state index contributed by atoms with van der Waals surface area (Å²) in [5.74, 6) is 0.924. The van der Waals surface area contributed by atoms with E-state index in [1.807, 2.05) is 25.2 Å². The lowest BCUT2D eigenvalue weighted by Gasteiger charge is -2.37. The van der Waals surface area contributed by atoms with Crippen LogP contribution in [0.3, 0.4) is 0 Å². The molecule has 1 aromatic carbocycles. The Morgan fingerprint density at radius 1 is 1.29 bits per heavy atom. The molecule has 0 saturated carbocycles. The Morgan fingerprint density at radius 3 is 2.93 bits per heavy atom. The van der Waals surface area contributed by atoms with Crippen LogP contribution < -0.4 is 15.2 Å². The van der Waals surface area contributed by atoms with Crippen LogP contribution in [0.4, 0.5) is 5.69 Å². The molecule has 1 unspecified atom stereocenters. The Bertz CT molecular complexity index is 1050. The lowest BCUT2D eigenvalue weighted by molar-refractivity contribution is 0.139. The third-order valence-corrected chi connectivity index (χ3v) is 5.15. The third-order valence-electron chi connectivity index (χ3n) is 4.93. The Balaban J connectivity index is 1.48. The Hall–Kier alpha value is -2.57. The van der Waals surface area contributed by atoms with Crippen LogP contribution in [0.2, 0.25) is 5.02 Å². The molecule has 0 spiro atoms. The van der Waals surface area contributed by atoms with Gasteiger partial charge in [-0.1, -0.05) is 23.7 Å². The van der Waals surface area contributed by atoms with Gasteiger partial charge in [-0.3, -0.25) is 14.1 Å². The maximum absolute atomic E-state index is 12.4. The van der Waals surface area contributed by atoms with Crippen LogP contribution >= 0.6 is 11.6 Å². The first kappa shape index (κ1) is 18.8. The van der Waals surface area contributed by atoms with E-state index in [2.05, 4.69) is 27.8 Å². The molecule has 0 fully saturated rings. The van der Waals surface area contributed by atoms with Crippen LogP contribution in [0.25, 0.3) is 5.65 Å². The first-order valence-electron chi connectivity index (χ1n) is 9.40. The molecular weight excluding hydrogens is 376 g/mol. The molecular formula is C21H23ClN4O2. The highest BCUT2D eigenvalue weighted by Crippen LogP contribution is 2.32. The number of benzene rings is 1. The number of halogens is 1. The summed E-state index contributed by atoms with van der Waals surface area (Å²) in [6, 6.07) is 13.2. The van der Waals surface area contributed by atoms with E-state index in [-0.39, 0.29) is 11.7 Å². The van der Waals surface area contributed by atoms with Crippen LogP contribution in [0.5, 0.6) is 5.75 Å². The highest BCUT2D eigenvalue weighted by Gasteiger charge is 2.25. The van der Waals surface area contributed by atoms with Crippen molar-refractivity contribution in [1.82, 2.24) is 14.3 Å². The summed E-state index contributed by atoms with van der Waals surface area (Å²) in [6.07, 6.45) is 1.65. The molecule has 0 radical (unpaired) electrons. The average Bonchev–Trinajstić information content (AvgIpc) is 2.68. The summed E-state index contributed by atoms with van der Waals surface area (Å²) in [7, 11) is 2.02. The Kier molecular flexibility index (Phi) is 5.24. The van der Waals surface area contributed by atoms with E-state index >= 15 is 0 Å². The van der Waals surface area contributed by atoms with Gasteiger partial charge >= 0.3 is 0 Å². The quantitative estimate of drug-likeness (QED) is 0.661. The second kappa shape index (κ2) is 7.81. The van der Waals surface area contributed by atoms with Gasteiger partial charge in [0, 0.05) is 31.9 Å². The van der Waals surface area contributed by atoms with Gasteiger partial charge in [0.2, 0.25) is 0 Å². The van der Waals surface area contributed by atoms with E-state index in [1.165, 1.54) is 4.40 Å². The van der Waals surface area contributed by atoms with Crippen molar-refractivity contribution in [2.45, 2.75) is 19.6 Å². The van der Waals surface area contributed by atoms with Crippen LogP contribution in [-0.4, -0.2) is 47.1 Å². The van der Waals surface area contributed by atoms with Gasteiger partial charge in [0.05, 0.1) is 22.9 Å². The van der Waals surface area contributed by atoms with Crippen LogP contribution in [0.15, 0.2) is 53.5 Å². The molecule has 3 heterocycles. The summed E-state index contributed by atoms with van der Waals surface area (Å²) < 4.78 is 7.66. The van der Waals surface area contributed by atoms with E-state index in [1.54, 1.807) is 24.4 Å². The number of anilines is 1. The fourth-order valence-electron chi connectivity index (χ4n) is 3.67. The highest BCUT2D eigenvalue weighted by molar-refractivity contribution is 6.30. The predicted octanol–water partition coefficient (Wildman–Crippen LogP) is 3.07. The zero-order valence-corrected chi connectivity index (χ0v) is 16.8. The molecule has 1 aliphatic heterocycles. The molecule has 3 aromatic rings. The number of pyridine rings is 1. The van der Waals surface area contributed by atoms with Crippen molar-refractivity contribution in [3.63, 3.8) is 0 Å². The molecule has 1 atom stereocenters. The zero-order chi connectivity index (χ0) is 19.7. The number of likely N-dealkylation sites (N-methyl/N-ethyl adjacent to an activating group) is 2. The lowest BCUT2D eigenvalue weighted by atomic mass is 10.2. The molecule has 0 amide bonds. The molecule has 146 valence electrons. The van der Waals surface area contributed by atoms with Gasteiger partial charge in [0.15, 0.2) is 0 Å². The Labute approximate surface area is 168 Å². The van der Waals surface area contributed by atoms with Crippen molar-refractivity contribution in [2.24, 2.45) is 0 Å². The fraction of sp³-hybridized carbons (Fsp3) is 0.333. The smallest absolute Gasteiger partial charge is 0.258 e. The lowest BCUT2D eigenvalue weighted by Crippen LogP contribution is -2.45. The molecule has 0 bridgehead atoms. The molecule has 0 saturated heterocycles. The summed E-state index contributed by atoms with van der Waals surface area (Å²) >= 11 is 5.97. The molecule has 4 rings (SSSR count). The molecule has 0 N–H and O–H groups in total. The first-order chi connectivity index (χ1) is 13.5. The van der Waals surface area contributed by atoms with Crippen molar-refractivity contribution in [3.8, 4) is 5.75 Å². The maximum Gasteiger partial charge on any atom is 0.258 e. The topological polar surface area (TPSA) is 50.1 Å². The van der Waals surface area contributed by atoms with Crippen molar-refractivity contribution >= 4 is 22.9 Å². The van der Waals surface area contributed by atoms with E-state index in [9.17, 15) is 4.79 Å². The van der Waals surface area contributed by atoms with Gasteiger partial charge in [-0.25, -0.2) is 4.98 Å². The van der Waals surface area contributed by atoms with Gasteiger partial charge in [-0.05, 0) is 38.2 Å². The minimum Gasteiger partial charge on any atom is -0.485 e. The van der Waals surface area contributed by atoms with E-state index in [0.29, 0.717) is 17.2 Å². The first-order valence-corrected chi connectivity index (χ1v) is 9.78. The molecule has 2 aromatic heterocycles. The normalized spacial score (nSPS) is 16.3. The van der Waals surface area contributed by atoms with E-state index in [4.69, 9.17) is 16.3 Å². The zero-order valence-electron chi connectivity index (χ0n) is 16.0. The summed E-state index contributed by atoms with van der Waals surface area (Å²) in [6.45, 7) is 5.24. The number of ether oxygens (including phenoxy) is 1. The molecule has 1 aliphatic rings. The van der Waals surface area contributed by atoms with Gasteiger partial charge in [0.25, 0.3) is 5.56 Å². The second-order valence-electron chi connectivity index (χ2n) is 7.10. The molecule has 7 heteroatoms. The van der Waals surface area contributed by atoms with Gasteiger partial charge in [-0.2, -0.15) is 0 Å². The number of hydrogen-bond acceptors (Lipinski definition) is 5. The van der Waals surface area contributed by atoms with Crippen LogP contribution in [0, 0.1) is 0 Å². The highest BCUT2D eigenvalue weighted by atomic mass is 35.5. The van der Waals surface area contributed by atoms with Crippen molar-refractivity contribution < 1.29 is 4.74 Å². The monoisotopic (exact) mass is 398 g/mol. The van der Waals surface area contributed by atoms with Gasteiger partial charge in [0.1, 0.15) is 17.5 Å². The minimum atomic E-state index is -0.129. The number of rotatable bonds is 5. The second-order valence-corrected chi connectivity index (χ2v) is 7.54. The SMILES string of the molecule is CCN1CC(CN(C)Cc2cc(=O)n3cc(Cl)ccc3n2)Oc2ccccc21. The maximum atomic E-state index is 12.4. The summed E-state index contributed by atoms with van der Waals surface area (Å²) in [4.78, 5) is 21.4. The van der Waals surface area contributed by atoms with E-state index in [0.717, 1.165) is 36.8 Å². The fourth-order valence-corrected chi connectivity index (χ4v) is 3.83. The molecule has 6 nitrogen and oxygen atoms in total. The van der Waals surface area contributed by atoms with Gasteiger partial charge in [-0.15, -0.1) is 0 Å². The standard InChI is InChI=1S/C21H23ClN4O2/c1-3-25-14-17(28-19-7-5-4-6-18(19)25)13-24(2)12-16-10-21(27)26-11-15(22)8-9-20(26)23-16/h4-11,17H,3,12-14H2,1-2H3. The Morgan fingerprint density at radius 2 is 2.11 bits per heavy atom. The van der Waals surface area contributed by atoms with Gasteiger partial charge < -0.3 is 9.64 Å². The van der Waals surface area contributed by atoms with Crippen LogP contribution in [0.1, 0.15) is 12.6 Å². The number of aromatic nitrogens is 2. The summed E-state index contributed by atoms with van der Waals surface area (Å²) in [5, 5.41) is 0.511. The predicted molar refractivity (Wildman–Crippen MR) is 112 cm³/mol. The van der Waals surface area contributed by atoms with Crippen molar-refractivity contribution in [2.75, 3.05) is 31.6 Å².